The van der Waals surface area contributed by atoms with Gasteiger partial charge in [0.25, 0.3) is 0 Å². The lowest BCUT2D eigenvalue weighted by atomic mass is 10.1. The van der Waals surface area contributed by atoms with Crippen LogP contribution in [0.3, 0.4) is 0 Å². The van der Waals surface area contributed by atoms with Gasteiger partial charge in [0.15, 0.2) is 0 Å². The Bertz CT molecular complexity index is 563. The van der Waals surface area contributed by atoms with Crippen molar-refractivity contribution in [3.8, 4) is 0 Å². The van der Waals surface area contributed by atoms with Crippen molar-refractivity contribution in [1.82, 2.24) is 4.72 Å². The zero-order chi connectivity index (χ0) is 14.6. The van der Waals surface area contributed by atoms with Crippen LogP contribution in [0.5, 0.6) is 0 Å². The third-order valence-electron chi connectivity index (χ3n) is 3.39. The summed E-state index contributed by atoms with van der Waals surface area (Å²) in [6.45, 7) is 0.507. The summed E-state index contributed by atoms with van der Waals surface area (Å²) in [5.41, 5.74) is 6.38. The van der Waals surface area contributed by atoms with Crippen LogP contribution in [0.4, 0.5) is 0 Å². The quantitative estimate of drug-likeness (QED) is 0.569. The standard InChI is InChI=1S/C14H20N2O2S2/c15-14(19)10-12-5-7-13(8-6-12)20(17,18)16-9-1-2-11-3-4-11/h5-8,11,16H,1-4,9-10H2,(H2,15,19). The van der Waals surface area contributed by atoms with Crippen LogP contribution < -0.4 is 10.5 Å². The minimum atomic E-state index is -3.40. The van der Waals surface area contributed by atoms with Gasteiger partial charge in [-0.3, -0.25) is 0 Å². The van der Waals surface area contributed by atoms with Crippen molar-refractivity contribution in [3.05, 3.63) is 29.8 Å². The van der Waals surface area contributed by atoms with E-state index in [9.17, 15) is 8.42 Å². The minimum Gasteiger partial charge on any atom is -0.393 e. The Morgan fingerprint density at radius 1 is 1.30 bits per heavy atom. The van der Waals surface area contributed by atoms with Crippen molar-refractivity contribution in [2.75, 3.05) is 6.54 Å². The van der Waals surface area contributed by atoms with E-state index in [4.69, 9.17) is 18.0 Å². The first-order valence-corrected chi connectivity index (χ1v) is 8.73. The first-order chi connectivity index (χ1) is 9.47. The summed E-state index contributed by atoms with van der Waals surface area (Å²) in [7, 11) is -3.40. The van der Waals surface area contributed by atoms with Crippen LogP contribution in [0.15, 0.2) is 29.2 Å². The van der Waals surface area contributed by atoms with Gasteiger partial charge in [-0.05, 0) is 36.5 Å². The molecule has 1 aliphatic carbocycles. The molecule has 1 saturated carbocycles. The van der Waals surface area contributed by atoms with E-state index >= 15 is 0 Å². The van der Waals surface area contributed by atoms with E-state index < -0.39 is 10.0 Å². The molecule has 1 aliphatic rings. The van der Waals surface area contributed by atoms with Crippen LogP contribution in [-0.2, 0) is 16.4 Å². The Morgan fingerprint density at radius 3 is 2.50 bits per heavy atom. The zero-order valence-electron chi connectivity index (χ0n) is 11.3. The highest BCUT2D eigenvalue weighted by atomic mass is 32.2. The topological polar surface area (TPSA) is 72.2 Å². The number of nitrogens with one attached hydrogen (secondary N) is 1. The monoisotopic (exact) mass is 312 g/mol. The SMILES string of the molecule is NC(=S)Cc1ccc(S(=O)(=O)NCCCC2CC2)cc1. The van der Waals surface area contributed by atoms with Gasteiger partial charge in [-0.15, -0.1) is 0 Å². The van der Waals surface area contributed by atoms with Crippen molar-refractivity contribution in [2.24, 2.45) is 11.7 Å². The molecule has 1 aromatic rings. The van der Waals surface area contributed by atoms with Crippen LogP contribution in [0.1, 0.15) is 31.2 Å². The average molecular weight is 312 g/mol. The van der Waals surface area contributed by atoms with Crippen LogP contribution in [0.25, 0.3) is 0 Å². The maximum atomic E-state index is 12.1. The van der Waals surface area contributed by atoms with Crippen LogP contribution >= 0.6 is 12.2 Å². The molecule has 0 saturated heterocycles. The van der Waals surface area contributed by atoms with Crippen LogP contribution in [0.2, 0.25) is 0 Å². The maximum Gasteiger partial charge on any atom is 0.240 e. The molecule has 1 fully saturated rings. The predicted molar refractivity (Wildman–Crippen MR) is 84.1 cm³/mol. The highest BCUT2D eigenvalue weighted by molar-refractivity contribution is 7.89. The summed E-state index contributed by atoms with van der Waals surface area (Å²) in [5.74, 6) is 0.832. The average Bonchev–Trinajstić information content (AvgIpc) is 3.19. The molecule has 0 aromatic heterocycles. The van der Waals surface area contributed by atoms with Crippen LogP contribution in [0, 0.1) is 5.92 Å². The molecule has 1 aromatic carbocycles. The second-order valence-electron chi connectivity index (χ2n) is 5.27. The number of rotatable bonds is 8. The first-order valence-electron chi connectivity index (χ1n) is 6.84. The van der Waals surface area contributed by atoms with Gasteiger partial charge in [-0.1, -0.05) is 37.2 Å². The van der Waals surface area contributed by atoms with E-state index in [2.05, 4.69) is 4.72 Å². The molecular weight excluding hydrogens is 292 g/mol. The molecule has 0 bridgehead atoms. The Balaban J connectivity index is 1.88. The van der Waals surface area contributed by atoms with Crippen molar-refractivity contribution >= 4 is 27.2 Å². The van der Waals surface area contributed by atoms with E-state index in [0.717, 1.165) is 24.3 Å². The fourth-order valence-electron chi connectivity index (χ4n) is 2.07. The molecular formula is C14H20N2O2S2. The molecule has 4 nitrogen and oxygen atoms in total. The molecule has 0 atom stereocenters. The van der Waals surface area contributed by atoms with Crippen LogP contribution in [-0.4, -0.2) is 20.0 Å². The highest BCUT2D eigenvalue weighted by Crippen LogP contribution is 2.33. The Morgan fingerprint density at radius 2 is 1.95 bits per heavy atom. The maximum absolute atomic E-state index is 12.1. The van der Waals surface area contributed by atoms with Crippen molar-refractivity contribution in [1.29, 1.82) is 0 Å². The normalized spacial score (nSPS) is 15.2. The molecule has 0 heterocycles. The lowest BCUT2D eigenvalue weighted by molar-refractivity contribution is 0.572. The summed E-state index contributed by atoms with van der Waals surface area (Å²) in [6.07, 6.45) is 5.12. The molecule has 20 heavy (non-hydrogen) atoms. The largest absolute Gasteiger partial charge is 0.393 e. The van der Waals surface area contributed by atoms with Gasteiger partial charge in [0, 0.05) is 13.0 Å². The summed E-state index contributed by atoms with van der Waals surface area (Å²) in [6, 6.07) is 6.68. The summed E-state index contributed by atoms with van der Waals surface area (Å²) < 4.78 is 26.8. The second kappa shape index (κ2) is 6.65. The van der Waals surface area contributed by atoms with Gasteiger partial charge in [-0.25, -0.2) is 13.1 Å². The first kappa shape index (κ1) is 15.4. The molecule has 3 N–H and O–H groups in total. The molecule has 0 aliphatic heterocycles. The fraction of sp³-hybridized carbons (Fsp3) is 0.500. The van der Waals surface area contributed by atoms with Gasteiger partial charge in [0.1, 0.15) is 0 Å². The third-order valence-corrected chi connectivity index (χ3v) is 5.01. The highest BCUT2D eigenvalue weighted by Gasteiger charge is 2.20. The smallest absolute Gasteiger partial charge is 0.240 e. The second-order valence-corrected chi connectivity index (χ2v) is 7.56. The molecule has 0 spiro atoms. The summed E-state index contributed by atoms with van der Waals surface area (Å²) in [5, 5.41) is 0. The van der Waals surface area contributed by atoms with E-state index in [0.29, 0.717) is 18.0 Å². The van der Waals surface area contributed by atoms with E-state index in [1.807, 2.05) is 0 Å². The van der Waals surface area contributed by atoms with E-state index in [1.54, 1.807) is 24.3 Å². The molecule has 0 radical (unpaired) electrons. The number of benzene rings is 1. The van der Waals surface area contributed by atoms with Crippen molar-refractivity contribution in [3.63, 3.8) is 0 Å². The Kier molecular flexibility index (Phi) is 5.12. The fourth-order valence-corrected chi connectivity index (χ4v) is 3.32. The lowest BCUT2D eigenvalue weighted by Crippen LogP contribution is -2.24. The molecule has 0 unspecified atom stereocenters. The Labute approximate surface area is 125 Å². The molecule has 0 amide bonds. The molecule has 2 rings (SSSR count). The van der Waals surface area contributed by atoms with Gasteiger partial charge < -0.3 is 5.73 Å². The van der Waals surface area contributed by atoms with Crippen molar-refractivity contribution in [2.45, 2.75) is 37.0 Å². The minimum absolute atomic E-state index is 0.288. The van der Waals surface area contributed by atoms with Gasteiger partial charge >= 0.3 is 0 Å². The Hall–Kier alpha value is -0.980. The predicted octanol–water partition coefficient (Wildman–Crippen LogP) is 1.98. The number of thiocarbonyl (C=S) groups is 1. The molecule has 6 heteroatoms. The lowest BCUT2D eigenvalue weighted by Gasteiger charge is -2.07. The van der Waals surface area contributed by atoms with Crippen molar-refractivity contribution < 1.29 is 8.42 Å². The van der Waals surface area contributed by atoms with Gasteiger partial charge in [0.2, 0.25) is 10.0 Å². The zero-order valence-corrected chi connectivity index (χ0v) is 13.0. The van der Waals surface area contributed by atoms with Gasteiger partial charge in [-0.2, -0.15) is 0 Å². The van der Waals surface area contributed by atoms with E-state index in [-0.39, 0.29) is 4.90 Å². The van der Waals surface area contributed by atoms with E-state index in [1.165, 1.54) is 12.8 Å². The number of sulfonamides is 1. The third kappa shape index (κ3) is 4.85. The van der Waals surface area contributed by atoms with Gasteiger partial charge in [0.05, 0.1) is 9.88 Å². The summed E-state index contributed by atoms with van der Waals surface area (Å²) in [4.78, 5) is 0.689. The number of hydrogen-bond donors (Lipinski definition) is 2. The summed E-state index contributed by atoms with van der Waals surface area (Å²) >= 11 is 4.83. The number of nitrogens with two attached hydrogens (primary N) is 1. The number of hydrogen-bond acceptors (Lipinski definition) is 3. The molecule has 110 valence electrons.